The van der Waals surface area contributed by atoms with Gasteiger partial charge >= 0.3 is 0 Å². The Morgan fingerprint density at radius 2 is 1.92 bits per heavy atom. The molecule has 0 saturated carbocycles. The molecule has 0 radical (unpaired) electrons. The number of nitrogens with zero attached hydrogens (tertiary/aromatic N) is 1. The number of carbonyl (C=O) groups is 1. The first-order chi connectivity index (χ1) is 11.7. The van der Waals surface area contributed by atoms with Gasteiger partial charge in [0, 0.05) is 26.7 Å². The highest BCUT2D eigenvalue weighted by molar-refractivity contribution is 7.98. The van der Waals surface area contributed by atoms with E-state index in [4.69, 9.17) is 0 Å². The van der Waals surface area contributed by atoms with Crippen LogP contribution in [0.25, 0.3) is 0 Å². The maximum Gasteiger partial charge on any atom is 0.224 e. The van der Waals surface area contributed by atoms with Crippen molar-refractivity contribution in [1.82, 2.24) is 16.0 Å². The van der Waals surface area contributed by atoms with E-state index < -0.39 is 0 Å². The summed E-state index contributed by atoms with van der Waals surface area (Å²) in [5.41, 5.74) is 0.670. The number of hydrogen-bond acceptors (Lipinski definition) is 3. The number of amides is 1. The Kier molecular flexibility index (Phi) is 10.7. The van der Waals surface area contributed by atoms with Crippen molar-refractivity contribution in [3.63, 3.8) is 0 Å². The number of aliphatic imine (C=N–C) groups is 1. The summed E-state index contributed by atoms with van der Waals surface area (Å²) in [6, 6.07) is 6.09. The average molecular weight is 354 g/mol. The quantitative estimate of drug-likeness (QED) is 0.340. The van der Waals surface area contributed by atoms with E-state index in [2.05, 4.69) is 27.2 Å². The molecule has 3 N–H and O–H groups in total. The SMILES string of the molecule is CN=C(NCCCCSC)NCCNC(=O)Cc1cccc(F)c1. The van der Waals surface area contributed by atoms with Crippen LogP contribution in [-0.4, -0.2) is 50.6 Å². The largest absolute Gasteiger partial charge is 0.356 e. The summed E-state index contributed by atoms with van der Waals surface area (Å²) in [6.45, 7) is 1.95. The predicted molar refractivity (Wildman–Crippen MR) is 100 cm³/mol. The van der Waals surface area contributed by atoms with Crippen molar-refractivity contribution in [3.8, 4) is 0 Å². The normalized spacial score (nSPS) is 11.2. The molecule has 1 aromatic carbocycles. The third-order valence-corrected chi connectivity index (χ3v) is 3.98. The summed E-state index contributed by atoms with van der Waals surface area (Å²) < 4.78 is 13.1. The maximum atomic E-state index is 13.1. The summed E-state index contributed by atoms with van der Waals surface area (Å²) in [5, 5.41) is 9.19. The van der Waals surface area contributed by atoms with Gasteiger partial charge in [0.1, 0.15) is 5.82 Å². The third kappa shape index (κ3) is 9.39. The Labute approximate surface area is 147 Å². The lowest BCUT2D eigenvalue weighted by Gasteiger charge is -2.12. The summed E-state index contributed by atoms with van der Waals surface area (Å²) in [4.78, 5) is 15.9. The van der Waals surface area contributed by atoms with Crippen LogP contribution in [0.15, 0.2) is 29.3 Å². The topological polar surface area (TPSA) is 65.5 Å². The molecule has 7 heteroatoms. The number of benzene rings is 1. The van der Waals surface area contributed by atoms with E-state index in [1.165, 1.54) is 24.3 Å². The fourth-order valence-corrected chi connectivity index (χ4v) is 2.57. The van der Waals surface area contributed by atoms with Crippen LogP contribution in [-0.2, 0) is 11.2 Å². The van der Waals surface area contributed by atoms with Gasteiger partial charge in [-0.05, 0) is 42.5 Å². The molecule has 0 aliphatic rings. The first-order valence-electron chi connectivity index (χ1n) is 8.10. The second kappa shape index (κ2) is 12.6. The second-order valence-electron chi connectivity index (χ2n) is 5.28. The van der Waals surface area contributed by atoms with Crippen molar-refractivity contribution >= 4 is 23.6 Å². The molecule has 0 fully saturated rings. The number of unbranched alkanes of at least 4 members (excludes halogenated alkanes) is 1. The van der Waals surface area contributed by atoms with Crippen LogP contribution in [0.4, 0.5) is 4.39 Å². The first kappa shape index (κ1) is 20.3. The number of guanidine groups is 1. The molecular formula is C17H27FN4OS. The van der Waals surface area contributed by atoms with Crippen molar-refractivity contribution in [2.45, 2.75) is 19.3 Å². The molecule has 0 bridgehead atoms. The van der Waals surface area contributed by atoms with E-state index in [1.807, 2.05) is 11.8 Å². The van der Waals surface area contributed by atoms with Crippen LogP contribution in [0.2, 0.25) is 0 Å². The van der Waals surface area contributed by atoms with Gasteiger partial charge in [-0.1, -0.05) is 12.1 Å². The smallest absolute Gasteiger partial charge is 0.224 e. The number of nitrogens with one attached hydrogen (secondary N) is 3. The van der Waals surface area contributed by atoms with Crippen LogP contribution >= 0.6 is 11.8 Å². The summed E-state index contributed by atoms with van der Waals surface area (Å²) in [6.07, 6.45) is 4.57. The Morgan fingerprint density at radius 3 is 2.62 bits per heavy atom. The molecule has 0 spiro atoms. The molecule has 134 valence electrons. The average Bonchev–Trinajstić information content (AvgIpc) is 2.56. The molecule has 24 heavy (non-hydrogen) atoms. The molecule has 1 aromatic rings. The van der Waals surface area contributed by atoms with Gasteiger partial charge in [-0.25, -0.2) is 4.39 Å². The molecule has 0 aliphatic carbocycles. The molecule has 0 aromatic heterocycles. The molecule has 5 nitrogen and oxygen atoms in total. The molecule has 0 atom stereocenters. The number of carbonyl (C=O) groups excluding carboxylic acids is 1. The van der Waals surface area contributed by atoms with Gasteiger partial charge in [0.2, 0.25) is 5.91 Å². The highest BCUT2D eigenvalue weighted by atomic mass is 32.2. The zero-order valence-electron chi connectivity index (χ0n) is 14.4. The lowest BCUT2D eigenvalue weighted by atomic mass is 10.1. The summed E-state index contributed by atoms with van der Waals surface area (Å²) in [7, 11) is 1.72. The summed E-state index contributed by atoms with van der Waals surface area (Å²) >= 11 is 1.85. The van der Waals surface area contributed by atoms with E-state index >= 15 is 0 Å². The Bertz CT molecular complexity index is 525. The number of hydrogen-bond donors (Lipinski definition) is 3. The zero-order valence-corrected chi connectivity index (χ0v) is 15.2. The third-order valence-electron chi connectivity index (χ3n) is 3.28. The van der Waals surface area contributed by atoms with Crippen LogP contribution in [0.3, 0.4) is 0 Å². The van der Waals surface area contributed by atoms with E-state index in [0.717, 1.165) is 18.9 Å². The van der Waals surface area contributed by atoms with Crippen molar-refractivity contribution in [3.05, 3.63) is 35.6 Å². The van der Waals surface area contributed by atoms with Crippen LogP contribution in [0.1, 0.15) is 18.4 Å². The monoisotopic (exact) mass is 354 g/mol. The minimum absolute atomic E-state index is 0.123. The Balaban J connectivity index is 2.13. The van der Waals surface area contributed by atoms with E-state index in [1.54, 1.807) is 19.2 Å². The highest BCUT2D eigenvalue weighted by Crippen LogP contribution is 2.03. The lowest BCUT2D eigenvalue weighted by Crippen LogP contribution is -2.42. The van der Waals surface area contributed by atoms with Crippen LogP contribution in [0.5, 0.6) is 0 Å². The Hall–Kier alpha value is -1.76. The first-order valence-corrected chi connectivity index (χ1v) is 9.49. The number of halogens is 1. The van der Waals surface area contributed by atoms with Gasteiger partial charge < -0.3 is 16.0 Å². The van der Waals surface area contributed by atoms with E-state index in [-0.39, 0.29) is 18.1 Å². The van der Waals surface area contributed by atoms with Gasteiger partial charge in [-0.3, -0.25) is 9.79 Å². The van der Waals surface area contributed by atoms with E-state index in [0.29, 0.717) is 18.7 Å². The molecule has 0 heterocycles. The van der Waals surface area contributed by atoms with Crippen molar-refractivity contribution < 1.29 is 9.18 Å². The van der Waals surface area contributed by atoms with Gasteiger partial charge in [-0.2, -0.15) is 11.8 Å². The molecule has 0 unspecified atom stereocenters. The standard InChI is InChI=1S/C17H27FN4OS/c1-19-17(21-8-3-4-11-24-2)22-10-9-20-16(23)13-14-6-5-7-15(18)12-14/h5-7,12H,3-4,8-11,13H2,1-2H3,(H,20,23)(H2,19,21,22). The minimum atomic E-state index is -0.325. The highest BCUT2D eigenvalue weighted by Gasteiger charge is 2.04. The zero-order chi connectivity index (χ0) is 17.6. The fraction of sp³-hybridized carbons (Fsp3) is 0.529. The molecule has 0 saturated heterocycles. The van der Waals surface area contributed by atoms with Crippen molar-refractivity contribution in [1.29, 1.82) is 0 Å². The number of rotatable bonds is 10. The molecule has 0 aliphatic heterocycles. The van der Waals surface area contributed by atoms with Crippen LogP contribution < -0.4 is 16.0 Å². The van der Waals surface area contributed by atoms with Gasteiger partial charge in [0.25, 0.3) is 0 Å². The van der Waals surface area contributed by atoms with Crippen LogP contribution in [0, 0.1) is 5.82 Å². The fourth-order valence-electron chi connectivity index (χ4n) is 2.08. The Morgan fingerprint density at radius 1 is 1.17 bits per heavy atom. The van der Waals surface area contributed by atoms with Gasteiger partial charge in [0.05, 0.1) is 6.42 Å². The van der Waals surface area contributed by atoms with E-state index in [9.17, 15) is 9.18 Å². The number of thioether (sulfide) groups is 1. The van der Waals surface area contributed by atoms with Crippen molar-refractivity contribution in [2.24, 2.45) is 4.99 Å². The second-order valence-corrected chi connectivity index (χ2v) is 6.27. The molecular weight excluding hydrogens is 327 g/mol. The maximum absolute atomic E-state index is 13.1. The predicted octanol–water partition coefficient (Wildman–Crippen LogP) is 1.79. The minimum Gasteiger partial charge on any atom is -0.356 e. The lowest BCUT2D eigenvalue weighted by molar-refractivity contribution is -0.120. The molecule has 1 amide bonds. The molecule has 1 rings (SSSR count). The van der Waals surface area contributed by atoms with Gasteiger partial charge in [-0.15, -0.1) is 0 Å². The van der Waals surface area contributed by atoms with Gasteiger partial charge in [0.15, 0.2) is 5.96 Å². The van der Waals surface area contributed by atoms with Crippen molar-refractivity contribution in [2.75, 3.05) is 38.7 Å². The summed E-state index contributed by atoms with van der Waals surface area (Å²) in [5.74, 6) is 1.46.